The first-order chi connectivity index (χ1) is 7.26. The van der Waals surface area contributed by atoms with Crippen LogP contribution in [0.3, 0.4) is 0 Å². The Kier molecular flexibility index (Phi) is 6.10. The smallest absolute Gasteiger partial charge is 0.157 e. The topological polar surface area (TPSA) is 18.5 Å². The van der Waals surface area contributed by atoms with Gasteiger partial charge in [-0.1, -0.05) is 17.7 Å². The summed E-state index contributed by atoms with van der Waals surface area (Å²) in [7, 11) is 3.30. The molecule has 0 aliphatic rings. The molecule has 0 aromatic heterocycles. The lowest BCUT2D eigenvalue weighted by atomic mass is 10.4. The molecule has 0 amide bonds. The van der Waals surface area contributed by atoms with E-state index in [4.69, 9.17) is 21.1 Å². The molecule has 0 saturated carbocycles. The van der Waals surface area contributed by atoms with Gasteiger partial charge in [0, 0.05) is 36.3 Å². The highest BCUT2D eigenvalue weighted by Crippen LogP contribution is 2.22. The second-order valence-corrected chi connectivity index (χ2v) is 4.60. The molecule has 0 fully saturated rings. The molecule has 0 N–H and O–H groups in total. The van der Waals surface area contributed by atoms with Gasteiger partial charge in [-0.25, -0.2) is 0 Å². The molecular weight excluding hydrogens is 232 g/mol. The summed E-state index contributed by atoms with van der Waals surface area (Å²) < 4.78 is 10.2. The van der Waals surface area contributed by atoms with E-state index in [-0.39, 0.29) is 6.29 Å². The lowest BCUT2D eigenvalue weighted by molar-refractivity contribution is -0.102. The highest BCUT2D eigenvalue weighted by atomic mass is 35.5. The maximum Gasteiger partial charge on any atom is 0.157 e. The predicted molar refractivity (Wildman–Crippen MR) is 64.6 cm³/mol. The minimum Gasteiger partial charge on any atom is -0.356 e. The van der Waals surface area contributed by atoms with Crippen LogP contribution in [-0.2, 0) is 9.47 Å². The van der Waals surface area contributed by atoms with E-state index in [2.05, 4.69) is 0 Å². The van der Waals surface area contributed by atoms with E-state index in [1.54, 1.807) is 26.0 Å². The lowest BCUT2D eigenvalue weighted by Crippen LogP contribution is -2.13. The summed E-state index contributed by atoms with van der Waals surface area (Å²) in [4.78, 5) is 1.17. The normalized spacial score (nSPS) is 10.9. The Morgan fingerprint density at radius 2 is 2.07 bits per heavy atom. The largest absolute Gasteiger partial charge is 0.356 e. The Bertz CT molecular complexity index is 290. The number of hydrogen-bond acceptors (Lipinski definition) is 3. The number of rotatable bonds is 6. The zero-order valence-corrected chi connectivity index (χ0v) is 10.5. The van der Waals surface area contributed by atoms with Crippen molar-refractivity contribution in [2.24, 2.45) is 0 Å². The third-order valence-electron chi connectivity index (χ3n) is 1.94. The van der Waals surface area contributed by atoms with Gasteiger partial charge >= 0.3 is 0 Å². The van der Waals surface area contributed by atoms with Gasteiger partial charge in [0.05, 0.1) is 0 Å². The van der Waals surface area contributed by atoms with E-state index in [1.807, 2.05) is 24.3 Å². The molecule has 1 rings (SSSR count). The van der Waals surface area contributed by atoms with Gasteiger partial charge in [0.15, 0.2) is 6.29 Å². The van der Waals surface area contributed by atoms with Crippen LogP contribution in [0.15, 0.2) is 29.2 Å². The Morgan fingerprint density at radius 3 is 2.67 bits per heavy atom. The van der Waals surface area contributed by atoms with Gasteiger partial charge in [0.25, 0.3) is 0 Å². The molecule has 0 radical (unpaired) electrons. The van der Waals surface area contributed by atoms with Gasteiger partial charge in [0.2, 0.25) is 0 Å². The predicted octanol–water partition coefficient (Wildman–Crippen LogP) is 3.44. The van der Waals surface area contributed by atoms with Crippen molar-refractivity contribution >= 4 is 23.4 Å². The standard InChI is InChI=1S/C11H15ClO2S/c1-13-11(14-2)6-7-15-10-5-3-4-9(12)8-10/h3-5,8,11H,6-7H2,1-2H3. The van der Waals surface area contributed by atoms with Crippen LogP contribution in [0.1, 0.15) is 6.42 Å². The first-order valence-corrected chi connectivity index (χ1v) is 6.06. The number of benzene rings is 1. The summed E-state index contributed by atoms with van der Waals surface area (Å²) in [5.41, 5.74) is 0. The van der Waals surface area contributed by atoms with Gasteiger partial charge in [-0.15, -0.1) is 11.8 Å². The average molecular weight is 247 g/mol. The molecule has 0 unspecified atom stereocenters. The van der Waals surface area contributed by atoms with Crippen molar-refractivity contribution in [1.82, 2.24) is 0 Å². The maximum atomic E-state index is 5.88. The van der Waals surface area contributed by atoms with E-state index in [0.717, 1.165) is 17.2 Å². The van der Waals surface area contributed by atoms with Crippen molar-refractivity contribution in [3.05, 3.63) is 29.3 Å². The molecule has 0 aliphatic heterocycles. The fourth-order valence-electron chi connectivity index (χ4n) is 1.16. The van der Waals surface area contributed by atoms with Crippen LogP contribution in [0.5, 0.6) is 0 Å². The van der Waals surface area contributed by atoms with Crippen molar-refractivity contribution < 1.29 is 9.47 Å². The van der Waals surface area contributed by atoms with Crippen LogP contribution in [0.25, 0.3) is 0 Å². The summed E-state index contributed by atoms with van der Waals surface area (Å²) >= 11 is 7.63. The van der Waals surface area contributed by atoms with E-state index in [9.17, 15) is 0 Å². The van der Waals surface area contributed by atoms with Crippen LogP contribution >= 0.6 is 23.4 Å². The van der Waals surface area contributed by atoms with Gasteiger partial charge < -0.3 is 9.47 Å². The highest BCUT2D eigenvalue weighted by molar-refractivity contribution is 7.99. The van der Waals surface area contributed by atoms with Crippen molar-refractivity contribution in [2.75, 3.05) is 20.0 Å². The number of methoxy groups -OCH3 is 2. The summed E-state index contributed by atoms with van der Waals surface area (Å²) in [6.45, 7) is 0. The summed E-state index contributed by atoms with van der Waals surface area (Å²) in [5, 5.41) is 0.773. The van der Waals surface area contributed by atoms with Crippen molar-refractivity contribution in [1.29, 1.82) is 0 Å². The van der Waals surface area contributed by atoms with E-state index in [0.29, 0.717) is 0 Å². The number of ether oxygens (including phenoxy) is 2. The van der Waals surface area contributed by atoms with Gasteiger partial charge in [-0.05, 0) is 18.2 Å². The monoisotopic (exact) mass is 246 g/mol. The average Bonchev–Trinajstić information content (AvgIpc) is 2.25. The van der Waals surface area contributed by atoms with Crippen LogP contribution in [0.2, 0.25) is 5.02 Å². The molecule has 15 heavy (non-hydrogen) atoms. The van der Waals surface area contributed by atoms with E-state index < -0.39 is 0 Å². The molecule has 0 saturated heterocycles. The van der Waals surface area contributed by atoms with Crippen LogP contribution in [0.4, 0.5) is 0 Å². The molecule has 0 bridgehead atoms. The molecule has 0 heterocycles. The van der Waals surface area contributed by atoms with Gasteiger partial charge in [-0.3, -0.25) is 0 Å². The fourth-order valence-corrected chi connectivity index (χ4v) is 2.35. The quantitative estimate of drug-likeness (QED) is 0.566. The second-order valence-electron chi connectivity index (χ2n) is 3.00. The minimum atomic E-state index is -0.114. The molecular formula is C11H15ClO2S. The summed E-state index contributed by atoms with van der Waals surface area (Å²) in [6.07, 6.45) is 0.751. The first kappa shape index (κ1) is 12.8. The molecule has 0 atom stereocenters. The minimum absolute atomic E-state index is 0.114. The summed E-state index contributed by atoms with van der Waals surface area (Å²) in [5.74, 6) is 0.951. The molecule has 2 nitrogen and oxygen atoms in total. The van der Waals surface area contributed by atoms with E-state index >= 15 is 0 Å². The molecule has 4 heteroatoms. The van der Waals surface area contributed by atoms with Gasteiger partial charge in [-0.2, -0.15) is 0 Å². The van der Waals surface area contributed by atoms with Gasteiger partial charge in [0.1, 0.15) is 0 Å². The number of halogens is 1. The Hall–Kier alpha value is -0.220. The van der Waals surface area contributed by atoms with Crippen LogP contribution < -0.4 is 0 Å². The zero-order valence-electron chi connectivity index (χ0n) is 8.90. The second kappa shape index (κ2) is 7.12. The SMILES string of the molecule is COC(CCSc1cccc(Cl)c1)OC. The first-order valence-electron chi connectivity index (χ1n) is 4.70. The van der Waals surface area contributed by atoms with Crippen molar-refractivity contribution in [3.8, 4) is 0 Å². The number of hydrogen-bond donors (Lipinski definition) is 0. The van der Waals surface area contributed by atoms with Crippen LogP contribution in [0, 0.1) is 0 Å². The maximum absolute atomic E-state index is 5.88. The highest BCUT2D eigenvalue weighted by Gasteiger charge is 2.04. The Labute approximate surface area is 99.9 Å². The van der Waals surface area contributed by atoms with E-state index in [1.165, 1.54) is 4.90 Å². The van der Waals surface area contributed by atoms with Crippen LogP contribution in [-0.4, -0.2) is 26.3 Å². The molecule has 0 spiro atoms. The molecule has 0 aliphatic carbocycles. The third kappa shape index (κ3) is 4.89. The molecule has 1 aromatic rings. The summed E-state index contributed by atoms with van der Waals surface area (Å²) in [6, 6.07) is 7.83. The fraction of sp³-hybridized carbons (Fsp3) is 0.455. The van der Waals surface area contributed by atoms with Crippen molar-refractivity contribution in [3.63, 3.8) is 0 Å². The molecule has 1 aromatic carbocycles. The lowest BCUT2D eigenvalue weighted by Gasteiger charge is -2.12. The third-order valence-corrected chi connectivity index (χ3v) is 3.21. The molecule has 84 valence electrons. The Morgan fingerprint density at radius 1 is 1.33 bits per heavy atom. The Balaban J connectivity index is 2.31. The van der Waals surface area contributed by atoms with Crippen molar-refractivity contribution in [2.45, 2.75) is 17.6 Å². The number of thioether (sulfide) groups is 1. The zero-order chi connectivity index (χ0) is 11.1.